The Labute approximate surface area is 329 Å². The van der Waals surface area contributed by atoms with E-state index in [4.69, 9.17) is 10.5 Å². The minimum atomic E-state index is -1.18. The highest BCUT2D eigenvalue weighted by atomic mass is 16.5. The Morgan fingerprint density at radius 2 is 1.60 bits per heavy atom. The maximum Gasteiger partial charge on any atom is 0.309 e. The van der Waals surface area contributed by atoms with Crippen molar-refractivity contribution in [2.75, 3.05) is 13.1 Å². The van der Waals surface area contributed by atoms with Crippen LogP contribution in [0.5, 0.6) is 0 Å². The summed E-state index contributed by atoms with van der Waals surface area (Å²) < 4.78 is 6.17. The second-order valence-corrected chi connectivity index (χ2v) is 20.7. The SMILES string of the molecule is CC(C)C1=C2[C@H]3CC[C@@H]4[C@@]5(C)CC[C@H](OC(=O)CC(C)(C)C(=O)O)C(C)(C)[C@@H]5CC[C@@]4(C)[C@]3(C)CCC2([C@@H](O)CN(CC(N)=O)Cc2ccccc2)CC1=O. The molecular formula is C46H68N2O7. The van der Waals surface area contributed by atoms with E-state index in [-0.39, 0.29) is 64.9 Å². The molecule has 304 valence electrons. The van der Waals surface area contributed by atoms with Gasteiger partial charge in [-0.15, -0.1) is 0 Å². The summed E-state index contributed by atoms with van der Waals surface area (Å²) in [6.45, 7) is 20.2. The summed E-state index contributed by atoms with van der Waals surface area (Å²) in [5.74, 6) is -0.720. The molecule has 1 unspecified atom stereocenters. The van der Waals surface area contributed by atoms with Crippen molar-refractivity contribution in [2.45, 2.75) is 145 Å². The first-order valence-corrected chi connectivity index (χ1v) is 21.0. The van der Waals surface area contributed by atoms with Crippen LogP contribution in [0.2, 0.25) is 0 Å². The van der Waals surface area contributed by atoms with Gasteiger partial charge in [-0.25, -0.2) is 0 Å². The summed E-state index contributed by atoms with van der Waals surface area (Å²) in [7, 11) is 0. The molecule has 0 aromatic heterocycles. The second-order valence-electron chi connectivity index (χ2n) is 20.7. The molecule has 0 aliphatic heterocycles. The molecule has 1 aromatic carbocycles. The van der Waals surface area contributed by atoms with Crippen LogP contribution in [-0.2, 0) is 30.5 Å². The topological polar surface area (TPSA) is 147 Å². The number of carbonyl (C=O) groups excluding carboxylic acids is 3. The third-order valence-electron chi connectivity index (χ3n) is 16.6. The number of primary amides is 1. The van der Waals surface area contributed by atoms with Crippen molar-refractivity contribution in [3.63, 3.8) is 0 Å². The number of nitrogens with two attached hydrogens (primary N) is 1. The molecular weight excluding hydrogens is 693 g/mol. The van der Waals surface area contributed by atoms with Crippen LogP contribution in [0.25, 0.3) is 0 Å². The molecule has 0 saturated heterocycles. The highest BCUT2D eigenvalue weighted by molar-refractivity contribution is 6.00. The Balaban J connectivity index is 1.29. The average Bonchev–Trinajstić information content (AvgIpc) is 3.39. The third kappa shape index (κ3) is 6.81. The number of allylic oxidation sites excluding steroid dienone is 1. The van der Waals surface area contributed by atoms with Crippen LogP contribution in [0.3, 0.4) is 0 Å². The minimum absolute atomic E-state index is 0.00454. The van der Waals surface area contributed by atoms with E-state index in [1.165, 1.54) is 5.57 Å². The first-order chi connectivity index (χ1) is 25.5. The van der Waals surface area contributed by atoms with Crippen LogP contribution in [0.1, 0.15) is 132 Å². The van der Waals surface area contributed by atoms with Crippen LogP contribution in [0.4, 0.5) is 0 Å². The molecule has 1 aromatic rings. The van der Waals surface area contributed by atoms with Crippen molar-refractivity contribution >= 4 is 23.6 Å². The number of carboxylic acid groups (broad SMARTS) is 1. The average molecular weight is 761 g/mol. The number of Topliss-reactive ketones (excluding diaryl/α,β-unsaturated/α-hetero) is 1. The third-order valence-corrected chi connectivity index (χ3v) is 16.6. The van der Waals surface area contributed by atoms with E-state index in [9.17, 15) is 29.4 Å². The lowest BCUT2D eigenvalue weighted by atomic mass is 9.33. The van der Waals surface area contributed by atoms with Gasteiger partial charge in [0.05, 0.1) is 24.5 Å². The number of hydrogen-bond acceptors (Lipinski definition) is 7. The number of esters is 1. The quantitative estimate of drug-likeness (QED) is 0.184. The molecule has 9 nitrogen and oxygen atoms in total. The number of ether oxygens (including phenoxy) is 1. The van der Waals surface area contributed by atoms with Gasteiger partial charge in [-0.3, -0.25) is 24.1 Å². The van der Waals surface area contributed by atoms with Crippen LogP contribution >= 0.6 is 0 Å². The molecule has 1 amide bonds. The Morgan fingerprint density at radius 3 is 2.22 bits per heavy atom. The number of aliphatic carboxylic acids is 1. The van der Waals surface area contributed by atoms with Crippen molar-refractivity contribution in [1.82, 2.24) is 4.90 Å². The van der Waals surface area contributed by atoms with Gasteiger partial charge < -0.3 is 20.7 Å². The number of aliphatic hydroxyl groups is 1. The van der Waals surface area contributed by atoms with Crippen LogP contribution < -0.4 is 5.73 Å². The Bertz CT molecular complexity index is 1720. The second kappa shape index (κ2) is 14.4. The molecule has 9 atom stereocenters. The van der Waals surface area contributed by atoms with Crippen molar-refractivity contribution in [1.29, 1.82) is 0 Å². The molecule has 5 aliphatic carbocycles. The predicted molar refractivity (Wildman–Crippen MR) is 212 cm³/mol. The van der Waals surface area contributed by atoms with Gasteiger partial charge in [0.1, 0.15) is 6.10 Å². The lowest BCUT2D eigenvalue weighted by Crippen LogP contribution is -2.66. The number of amides is 1. The number of nitrogens with zero attached hydrogens (tertiary/aromatic N) is 1. The number of carboxylic acids is 1. The predicted octanol–water partition coefficient (Wildman–Crippen LogP) is 7.73. The number of carbonyl (C=O) groups is 4. The zero-order valence-corrected chi connectivity index (χ0v) is 35.0. The van der Waals surface area contributed by atoms with Crippen molar-refractivity contribution in [3.05, 3.63) is 47.0 Å². The van der Waals surface area contributed by atoms with Crippen molar-refractivity contribution < 1.29 is 34.1 Å². The monoisotopic (exact) mass is 761 g/mol. The number of rotatable bonds is 12. The zero-order chi connectivity index (χ0) is 40.5. The molecule has 4 N–H and O–H groups in total. The van der Waals surface area contributed by atoms with E-state index in [0.29, 0.717) is 24.8 Å². The molecule has 0 bridgehead atoms. The standard InChI is InChI=1S/C46H68N2O7/c1-28(2)38-31(49)23-46(34(50)26-48(27-36(47)51)25-29-13-11-10-12-14-29)22-21-44(8)30(39(38)46)15-16-33-43(7)19-18-35(55-37(52)24-41(3,4)40(53)54)42(5,6)32(43)17-20-45(33,44)9/h10-14,28,30,32-35,50H,15-27H2,1-9H3,(H2,47,51)(H,53,54)/t30-,32+,33-,34+,35+,43+,44-,45-,46?/m1/s1. The fraction of sp³-hybridized carbons (Fsp3) is 0.739. The molecule has 4 fully saturated rings. The van der Waals surface area contributed by atoms with Gasteiger partial charge in [0.25, 0.3) is 0 Å². The molecule has 0 heterocycles. The lowest BCUT2D eigenvalue weighted by Gasteiger charge is -2.72. The first-order valence-electron chi connectivity index (χ1n) is 21.0. The Kier molecular flexibility index (Phi) is 10.9. The minimum Gasteiger partial charge on any atom is -0.481 e. The van der Waals surface area contributed by atoms with E-state index in [1.54, 1.807) is 13.8 Å². The van der Waals surface area contributed by atoms with Gasteiger partial charge in [0.2, 0.25) is 5.91 Å². The van der Waals surface area contributed by atoms with Gasteiger partial charge >= 0.3 is 11.9 Å². The van der Waals surface area contributed by atoms with Gasteiger partial charge in [0, 0.05) is 30.3 Å². The molecule has 4 saturated carbocycles. The zero-order valence-electron chi connectivity index (χ0n) is 35.0. The summed E-state index contributed by atoms with van der Waals surface area (Å²) >= 11 is 0. The summed E-state index contributed by atoms with van der Waals surface area (Å²) in [6, 6.07) is 9.94. The van der Waals surface area contributed by atoms with Gasteiger partial charge in [0.15, 0.2) is 5.78 Å². The van der Waals surface area contributed by atoms with Gasteiger partial charge in [-0.05, 0) is 116 Å². The maximum absolute atomic E-state index is 14.2. The number of ketones is 1. The van der Waals surface area contributed by atoms with Crippen molar-refractivity contribution in [2.24, 2.45) is 61.9 Å². The number of benzene rings is 1. The maximum atomic E-state index is 14.2. The van der Waals surface area contributed by atoms with E-state index >= 15 is 0 Å². The highest BCUT2D eigenvalue weighted by Gasteiger charge is 2.71. The fourth-order valence-corrected chi connectivity index (χ4v) is 13.6. The molecule has 9 heteroatoms. The number of hydrogen-bond donors (Lipinski definition) is 3. The van der Waals surface area contributed by atoms with E-state index < -0.39 is 34.8 Å². The van der Waals surface area contributed by atoms with Crippen LogP contribution in [0.15, 0.2) is 41.5 Å². The number of aliphatic hydroxyl groups excluding tert-OH is 1. The summed E-state index contributed by atoms with van der Waals surface area (Å²) in [5.41, 5.74) is 6.72. The normalized spacial score (nSPS) is 36.1. The van der Waals surface area contributed by atoms with Crippen molar-refractivity contribution in [3.8, 4) is 0 Å². The Morgan fingerprint density at radius 1 is 0.927 bits per heavy atom. The van der Waals surface area contributed by atoms with Gasteiger partial charge in [-0.1, -0.05) is 84.4 Å². The Hall–Kier alpha value is -3.04. The molecule has 0 spiro atoms. The molecule has 55 heavy (non-hydrogen) atoms. The smallest absolute Gasteiger partial charge is 0.309 e. The summed E-state index contributed by atoms with van der Waals surface area (Å²) in [6.07, 6.45) is 6.47. The van der Waals surface area contributed by atoms with E-state index in [0.717, 1.165) is 62.5 Å². The molecule has 6 rings (SSSR count). The summed E-state index contributed by atoms with van der Waals surface area (Å²) in [5, 5.41) is 22.1. The summed E-state index contributed by atoms with van der Waals surface area (Å²) in [4.78, 5) is 53.3. The van der Waals surface area contributed by atoms with E-state index in [1.807, 2.05) is 35.2 Å². The fourth-order valence-electron chi connectivity index (χ4n) is 13.6. The van der Waals surface area contributed by atoms with Crippen LogP contribution in [0, 0.1) is 56.2 Å². The molecule has 5 aliphatic rings. The highest BCUT2D eigenvalue weighted by Crippen LogP contribution is 2.77. The van der Waals surface area contributed by atoms with Gasteiger partial charge in [-0.2, -0.15) is 0 Å². The lowest BCUT2D eigenvalue weighted by molar-refractivity contribution is -0.235. The number of fused-ring (bicyclic) bond motifs is 7. The largest absolute Gasteiger partial charge is 0.481 e. The molecule has 0 radical (unpaired) electrons. The van der Waals surface area contributed by atoms with Crippen LogP contribution in [-0.4, -0.2) is 64.0 Å². The first kappa shape index (κ1) is 41.6. The van der Waals surface area contributed by atoms with E-state index in [2.05, 4.69) is 48.5 Å².